The Labute approximate surface area is 138 Å². The van der Waals surface area contributed by atoms with Crippen LogP contribution in [0.15, 0.2) is 16.1 Å². The van der Waals surface area contributed by atoms with Crippen LogP contribution in [-0.4, -0.2) is 34.0 Å². The van der Waals surface area contributed by atoms with Gasteiger partial charge < -0.3 is 10.2 Å². The van der Waals surface area contributed by atoms with Gasteiger partial charge in [-0.2, -0.15) is 0 Å². The van der Waals surface area contributed by atoms with Crippen LogP contribution in [0, 0.1) is 6.92 Å². The highest BCUT2D eigenvalue weighted by Crippen LogP contribution is 2.30. The van der Waals surface area contributed by atoms with Crippen molar-refractivity contribution in [2.24, 2.45) is 4.99 Å². The van der Waals surface area contributed by atoms with E-state index in [1.165, 1.54) is 4.88 Å². The second-order valence-corrected chi connectivity index (χ2v) is 7.43. The maximum Gasteiger partial charge on any atom is 0.226 e. The molecule has 0 atom stereocenters. The van der Waals surface area contributed by atoms with E-state index in [1.54, 1.807) is 23.1 Å². The van der Waals surface area contributed by atoms with Crippen molar-refractivity contribution in [3.05, 3.63) is 26.7 Å². The number of thioether (sulfide) groups is 1. The fourth-order valence-electron chi connectivity index (χ4n) is 2.61. The van der Waals surface area contributed by atoms with Crippen molar-refractivity contribution in [2.45, 2.75) is 39.7 Å². The van der Waals surface area contributed by atoms with Gasteiger partial charge >= 0.3 is 0 Å². The summed E-state index contributed by atoms with van der Waals surface area (Å²) in [5.74, 6) is 0.0618. The molecule has 2 aliphatic heterocycles. The summed E-state index contributed by atoms with van der Waals surface area (Å²) in [5, 5.41) is 7.18. The molecule has 1 aromatic heterocycles. The Morgan fingerprint density at radius 2 is 2.36 bits per heavy atom. The van der Waals surface area contributed by atoms with Gasteiger partial charge in [0.25, 0.3) is 0 Å². The Hall–Kier alpha value is -1.34. The SMILES string of the molecule is CCc1nc(C)sc1CNC(=O)CC1=CSC2=NCCCN12. The largest absolute Gasteiger partial charge is 0.351 e. The van der Waals surface area contributed by atoms with E-state index in [4.69, 9.17) is 0 Å². The molecule has 0 unspecified atom stereocenters. The Balaban J connectivity index is 1.55. The van der Waals surface area contributed by atoms with Gasteiger partial charge in [-0.3, -0.25) is 9.79 Å². The standard InChI is InChI=1S/C15H20N4OS2/c1-3-12-13(22-10(2)18-12)8-17-14(20)7-11-9-21-15-16-5-4-6-19(11)15/h9H,3-8H2,1-2H3,(H,17,20). The molecule has 0 aromatic carbocycles. The normalized spacial score (nSPS) is 17.1. The average Bonchev–Trinajstić information content (AvgIpc) is 3.09. The van der Waals surface area contributed by atoms with Gasteiger partial charge in [0.05, 0.1) is 23.7 Å². The minimum absolute atomic E-state index is 0.0618. The Kier molecular flexibility index (Phi) is 4.83. The predicted octanol–water partition coefficient (Wildman–Crippen LogP) is 2.67. The smallest absolute Gasteiger partial charge is 0.226 e. The molecule has 0 spiro atoms. The molecule has 3 heterocycles. The molecule has 0 bridgehead atoms. The van der Waals surface area contributed by atoms with Crippen LogP contribution in [0.5, 0.6) is 0 Å². The van der Waals surface area contributed by atoms with E-state index in [0.717, 1.165) is 47.5 Å². The van der Waals surface area contributed by atoms with Crippen molar-refractivity contribution in [1.82, 2.24) is 15.2 Å². The molecule has 22 heavy (non-hydrogen) atoms. The number of hydrogen-bond acceptors (Lipinski definition) is 6. The summed E-state index contributed by atoms with van der Waals surface area (Å²) in [6.07, 6.45) is 2.39. The Bertz CT molecular complexity index is 635. The lowest BCUT2D eigenvalue weighted by atomic mass is 10.2. The van der Waals surface area contributed by atoms with E-state index in [2.05, 4.69) is 32.5 Å². The number of fused-ring (bicyclic) bond motifs is 1. The van der Waals surface area contributed by atoms with E-state index >= 15 is 0 Å². The highest BCUT2D eigenvalue weighted by Gasteiger charge is 2.26. The molecule has 2 aliphatic rings. The summed E-state index contributed by atoms with van der Waals surface area (Å²) < 4.78 is 0. The quantitative estimate of drug-likeness (QED) is 0.898. The Morgan fingerprint density at radius 3 is 3.18 bits per heavy atom. The number of amides is 1. The molecule has 118 valence electrons. The third-order valence-electron chi connectivity index (χ3n) is 3.67. The van der Waals surface area contributed by atoms with Crippen LogP contribution in [0.1, 0.15) is 35.3 Å². The maximum absolute atomic E-state index is 12.2. The highest BCUT2D eigenvalue weighted by atomic mass is 32.2. The third-order valence-corrected chi connectivity index (χ3v) is 5.64. The molecule has 0 saturated heterocycles. The van der Waals surface area contributed by atoms with Crippen molar-refractivity contribution >= 4 is 34.2 Å². The lowest BCUT2D eigenvalue weighted by Gasteiger charge is -2.25. The van der Waals surface area contributed by atoms with E-state index in [1.807, 2.05) is 6.92 Å². The molecule has 1 aromatic rings. The zero-order chi connectivity index (χ0) is 15.5. The predicted molar refractivity (Wildman–Crippen MR) is 92.0 cm³/mol. The monoisotopic (exact) mass is 336 g/mol. The topological polar surface area (TPSA) is 57.6 Å². The molecule has 0 fully saturated rings. The maximum atomic E-state index is 12.2. The number of rotatable bonds is 5. The summed E-state index contributed by atoms with van der Waals surface area (Å²) in [5.41, 5.74) is 2.17. The number of aryl methyl sites for hydroxylation is 2. The lowest BCUT2D eigenvalue weighted by Crippen LogP contribution is -2.32. The summed E-state index contributed by atoms with van der Waals surface area (Å²) in [7, 11) is 0. The fourth-order valence-corrected chi connectivity index (χ4v) is 4.52. The van der Waals surface area contributed by atoms with Crippen LogP contribution in [0.2, 0.25) is 0 Å². The number of nitrogens with one attached hydrogen (secondary N) is 1. The molecule has 3 rings (SSSR count). The number of carbonyl (C=O) groups excluding carboxylic acids is 1. The van der Waals surface area contributed by atoms with Crippen molar-refractivity contribution in [1.29, 1.82) is 0 Å². The van der Waals surface area contributed by atoms with E-state index in [0.29, 0.717) is 13.0 Å². The van der Waals surface area contributed by atoms with E-state index < -0.39 is 0 Å². The highest BCUT2D eigenvalue weighted by molar-refractivity contribution is 8.16. The minimum Gasteiger partial charge on any atom is -0.351 e. The van der Waals surface area contributed by atoms with Gasteiger partial charge in [0.1, 0.15) is 0 Å². The van der Waals surface area contributed by atoms with Crippen molar-refractivity contribution in [3.63, 3.8) is 0 Å². The molecule has 0 radical (unpaired) electrons. The average molecular weight is 336 g/mol. The van der Waals surface area contributed by atoms with Crippen molar-refractivity contribution < 1.29 is 4.79 Å². The number of aliphatic imine (C=N–C) groups is 1. The van der Waals surface area contributed by atoms with Crippen LogP contribution in [-0.2, 0) is 17.8 Å². The summed E-state index contributed by atoms with van der Waals surface area (Å²) >= 11 is 3.29. The number of hydrogen-bond donors (Lipinski definition) is 1. The zero-order valence-corrected chi connectivity index (χ0v) is 14.5. The molecule has 1 amide bonds. The molecular formula is C15H20N4OS2. The number of thiazole rings is 1. The Morgan fingerprint density at radius 1 is 1.50 bits per heavy atom. The van der Waals surface area contributed by atoms with Gasteiger partial charge in [-0.05, 0) is 25.2 Å². The minimum atomic E-state index is 0.0618. The molecule has 0 saturated carbocycles. The first-order valence-corrected chi connectivity index (χ1v) is 9.26. The van der Waals surface area contributed by atoms with E-state index in [-0.39, 0.29) is 5.91 Å². The van der Waals surface area contributed by atoms with E-state index in [9.17, 15) is 4.79 Å². The van der Waals surface area contributed by atoms with Crippen molar-refractivity contribution in [3.8, 4) is 0 Å². The summed E-state index contributed by atoms with van der Waals surface area (Å²) in [6.45, 7) is 6.55. The van der Waals surface area contributed by atoms with Crippen LogP contribution < -0.4 is 5.32 Å². The van der Waals surface area contributed by atoms with Gasteiger partial charge in [0, 0.05) is 23.7 Å². The number of carbonyl (C=O) groups is 1. The van der Waals surface area contributed by atoms with Gasteiger partial charge in [0.2, 0.25) is 5.91 Å². The molecule has 5 nitrogen and oxygen atoms in total. The molecular weight excluding hydrogens is 316 g/mol. The first-order valence-electron chi connectivity index (χ1n) is 7.57. The summed E-state index contributed by atoms with van der Waals surface area (Å²) in [6, 6.07) is 0. The summed E-state index contributed by atoms with van der Waals surface area (Å²) in [4.78, 5) is 24.5. The second kappa shape index (κ2) is 6.83. The van der Waals surface area contributed by atoms with Crippen LogP contribution in [0.25, 0.3) is 0 Å². The third kappa shape index (κ3) is 3.35. The van der Waals surface area contributed by atoms with Gasteiger partial charge in [-0.1, -0.05) is 18.7 Å². The number of amidine groups is 1. The van der Waals surface area contributed by atoms with Gasteiger partial charge in [-0.25, -0.2) is 4.98 Å². The molecule has 0 aliphatic carbocycles. The van der Waals surface area contributed by atoms with Crippen LogP contribution in [0.4, 0.5) is 0 Å². The lowest BCUT2D eigenvalue weighted by molar-refractivity contribution is -0.120. The first kappa shape index (κ1) is 15.6. The van der Waals surface area contributed by atoms with Crippen LogP contribution >= 0.6 is 23.1 Å². The van der Waals surface area contributed by atoms with Gasteiger partial charge in [-0.15, -0.1) is 11.3 Å². The zero-order valence-electron chi connectivity index (χ0n) is 12.9. The molecule has 7 heteroatoms. The van der Waals surface area contributed by atoms with Crippen LogP contribution in [0.3, 0.4) is 0 Å². The number of nitrogens with zero attached hydrogens (tertiary/aromatic N) is 3. The van der Waals surface area contributed by atoms with Gasteiger partial charge in [0.15, 0.2) is 5.17 Å². The fraction of sp³-hybridized carbons (Fsp3) is 0.533. The second-order valence-electron chi connectivity index (χ2n) is 5.31. The molecule has 1 N–H and O–H groups in total. The van der Waals surface area contributed by atoms with Crippen molar-refractivity contribution in [2.75, 3.05) is 13.1 Å². The number of aromatic nitrogens is 1. The first-order chi connectivity index (χ1) is 10.7.